The minimum Gasteiger partial charge on any atom is -0.389 e. The minimum absolute atomic E-state index is 0.0641. The second-order valence-corrected chi connectivity index (χ2v) is 5.21. The summed E-state index contributed by atoms with van der Waals surface area (Å²) in [5.41, 5.74) is -0.265. The number of ether oxygens (including phenoxy) is 1. The summed E-state index contributed by atoms with van der Waals surface area (Å²) in [7, 11) is 1.64. The van der Waals surface area contributed by atoms with E-state index in [0.29, 0.717) is 31.9 Å². The van der Waals surface area contributed by atoms with Crippen molar-refractivity contribution in [1.82, 2.24) is 9.47 Å². The van der Waals surface area contributed by atoms with Gasteiger partial charge in [-0.05, 0) is 32.9 Å². The Morgan fingerprint density at radius 1 is 1.53 bits per heavy atom. The van der Waals surface area contributed by atoms with Gasteiger partial charge in [0.1, 0.15) is 5.69 Å². The first-order valence-corrected chi connectivity index (χ1v) is 6.54. The molecule has 1 rings (SSSR count). The number of carbonyl (C=O) groups is 1. The zero-order chi connectivity index (χ0) is 14.5. The molecule has 0 aliphatic rings. The molecular weight excluding hydrogens is 244 g/mol. The summed E-state index contributed by atoms with van der Waals surface area (Å²) in [5, 5.41) is 9.86. The van der Waals surface area contributed by atoms with Gasteiger partial charge in [0.15, 0.2) is 0 Å². The highest BCUT2D eigenvalue weighted by atomic mass is 16.5. The van der Waals surface area contributed by atoms with Crippen LogP contribution in [-0.4, -0.2) is 52.9 Å². The average molecular weight is 268 g/mol. The fraction of sp³-hybridized carbons (Fsp3) is 0.643. The molecule has 5 heteroatoms. The van der Waals surface area contributed by atoms with Crippen molar-refractivity contribution < 1.29 is 14.6 Å². The van der Waals surface area contributed by atoms with Crippen LogP contribution >= 0.6 is 0 Å². The van der Waals surface area contributed by atoms with Gasteiger partial charge >= 0.3 is 0 Å². The van der Waals surface area contributed by atoms with Crippen LogP contribution in [0, 0.1) is 0 Å². The number of likely N-dealkylation sites (N-methyl/N-ethyl adjacent to an activating group) is 1. The summed E-state index contributed by atoms with van der Waals surface area (Å²) < 4.78 is 6.91. The van der Waals surface area contributed by atoms with Gasteiger partial charge in [-0.1, -0.05) is 0 Å². The number of rotatable bonds is 7. The Labute approximate surface area is 114 Å². The van der Waals surface area contributed by atoms with Gasteiger partial charge < -0.3 is 19.3 Å². The molecule has 1 aromatic rings. The van der Waals surface area contributed by atoms with E-state index in [-0.39, 0.29) is 5.91 Å². The maximum absolute atomic E-state index is 12.5. The van der Waals surface area contributed by atoms with Crippen LogP contribution in [0.25, 0.3) is 0 Å². The highest BCUT2D eigenvalue weighted by molar-refractivity contribution is 5.92. The van der Waals surface area contributed by atoms with Crippen molar-refractivity contribution in [2.24, 2.45) is 0 Å². The highest BCUT2D eigenvalue weighted by Gasteiger charge is 2.23. The number of aliphatic hydroxyl groups is 1. The van der Waals surface area contributed by atoms with Crippen molar-refractivity contribution in [3.05, 3.63) is 24.0 Å². The summed E-state index contributed by atoms with van der Waals surface area (Å²) in [6.45, 7) is 7.40. The van der Waals surface area contributed by atoms with Gasteiger partial charge in [0.25, 0.3) is 5.91 Å². The van der Waals surface area contributed by atoms with Crippen LogP contribution in [0.15, 0.2) is 18.3 Å². The third-order valence-electron chi connectivity index (χ3n) is 2.83. The maximum Gasteiger partial charge on any atom is 0.270 e. The molecule has 1 aromatic heterocycles. The molecule has 19 heavy (non-hydrogen) atoms. The lowest BCUT2D eigenvalue weighted by Gasteiger charge is -2.28. The molecule has 1 heterocycles. The Morgan fingerprint density at radius 3 is 2.74 bits per heavy atom. The smallest absolute Gasteiger partial charge is 0.270 e. The molecule has 1 N–H and O–H groups in total. The van der Waals surface area contributed by atoms with E-state index in [4.69, 9.17) is 4.74 Å². The molecule has 0 saturated heterocycles. The van der Waals surface area contributed by atoms with Crippen LogP contribution in [0.4, 0.5) is 0 Å². The average Bonchev–Trinajstić information content (AvgIpc) is 2.79. The van der Waals surface area contributed by atoms with Crippen molar-refractivity contribution >= 4 is 5.91 Å². The number of hydrogen-bond donors (Lipinski definition) is 1. The van der Waals surface area contributed by atoms with Gasteiger partial charge in [-0.25, -0.2) is 0 Å². The molecule has 0 fully saturated rings. The molecule has 0 unspecified atom stereocenters. The Balaban J connectivity index is 2.82. The van der Waals surface area contributed by atoms with Crippen LogP contribution < -0.4 is 0 Å². The van der Waals surface area contributed by atoms with Crippen LogP contribution in [-0.2, 0) is 11.3 Å². The molecule has 0 radical (unpaired) electrons. The van der Waals surface area contributed by atoms with E-state index >= 15 is 0 Å². The third kappa shape index (κ3) is 4.69. The van der Waals surface area contributed by atoms with Gasteiger partial charge in [-0.2, -0.15) is 0 Å². The number of aromatic nitrogens is 1. The molecule has 0 aromatic carbocycles. The van der Waals surface area contributed by atoms with E-state index in [1.165, 1.54) is 0 Å². The lowest BCUT2D eigenvalue weighted by Crippen LogP contribution is -2.42. The van der Waals surface area contributed by atoms with E-state index in [1.807, 2.05) is 23.8 Å². The number of carbonyl (C=O) groups excluding carboxylic acids is 1. The number of methoxy groups -OCH3 is 1. The number of hydrogen-bond acceptors (Lipinski definition) is 3. The second-order valence-electron chi connectivity index (χ2n) is 5.21. The van der Waals surface area contributed by atoms with Crippen molar-refractivity contribution in [2.75, 3.05) is 26.8 Å². The van der Waals surface area contributed by atoms with Crippen LogP contribution in [0.2, 0.25) is 0 Å². The third-order valence-corrected chi connectivity index (χ3v) is 2.83. The van der Waals surface area contributed by atoms with Gasteiger partial charge in [0.05, 0.1) is 12.2 Å². The number of amides is 1. The molecule has 0 aliphatic carbocycles. The van der Waals surface area contributed by atoms with Gasteiger partial charge in [0.2, 0.25) is 0 Å². The summed E-state index contributed by atoms with van der Waals surface area (Å²) in [4.78, 5) is 14.1. The minimum atomic E-state index is -0.893. The van der Waals surface area contributed by atoms with Crippen LogP contribution in [0.3, 0.4) is 0 Å². The predicted octanol–water partition coefficient (Wildman–Crippen LogP) is 1.37. The number of nitrogens with zero attached hydrogens (tertiary/aromatic N) is 2. The summed E-state index contributed by atoms with van der Waals surface area (Å²) in [6.07, 6.45) is 1.87. The molecule has 0 atom stereocenters. The van der Waals surface area contributed by atoms with Gasteiger partial charge in [-0.15, -0.1) is 0 Å². The Kier molecular flexibility index (Phi) is 5.57. The van der Waals surface area contributed by atoms with Crippen molar-refractivity contribution in [3.8, 4) is 0 Å². The fourth-order valence-corrected chi connectivity index (χ4v) is 1.95. The fourth-order valence-electron chi connectivity index (χ4n) is 1.95. The van der Waals surface area contributed by atoms with Gasteiger partial charge in [-0.3, -0.25) is 4.79 Å². The van der Waals surface area contributed by atoms with Crippen molar-refractivity contribution in [3.63, 3.8) is 0 Å². The SMILES string of the molecule is CCN(CC(C)(C)O)C(=O)c1cccn1CCOC. The molecule has 0 spiro atoms. The standard InChI is InChI=1S/C14H24N2O3/c1-5-15(11-14(2,3)18)13(17)12-7-6-8-16(12)9-10-19-4/h6-8,18H,5,9-11H2,1-4H3. The lowest BCUT2D eigenvalue weighted by atomic mass is 10.1. The van der Waals surface area contributed by atoms with E-state index in [2.05, 4.69) is 0 Å². The Morgan fingerprint density at radius 2 is 2.21 bits per heavy atom. The van der Waals surface area contributed by atoms with Crippen molar-refractivity contribution in [2.45, 2.75) is 32.9 Å². The Hall–Kier alpha value is -1.33. The normalized spacial score (nSPS) is 11.6. The molecular formula is C14H24N2O3. The van der Waals surface area contributed by atoms with Crippen LogP contribution in [0.1, 0.15) is 31.3 Å². The first-order valence-electron chi connectivity index (χ1n) is 6.54. The second kappa shape index (κ2) is 6.73. The largest absolute Gasteiger partial charge is 0.389 e. The molecule has 108 valence electrons. The molecule has 1 amide bonds. The Bertz CT molecular complexity index is 407. The van der Waals surface area contributed by atoms with E-state index in [9.17, 15) is 9.90 Å². The zero-order valence-electron chi connectivity index (χ0n) is 12.2. The maximum atomic E-state index is 12.5. The molecule has 0 aliphatic heterocycles. The molecule has 5 nitrogen and oxygen atoms in total. The predicted molar refractivity (Wildman–Crippen MR) is 74.2 cm³/mol. The topological polar surface area (TPSA) is 54.7 Å². The van der Waals surface area contributed by atoms with E-state index < -0.39 is 5.60 Å². The van der Waals surface area contributed by atoms with E-state index in [0.717, 1.165) is 0 Å². The lowest BCUT2D eigenvalue weighted by molar-refractivity contribution is 0.0308. The highest BCUT2D eigenvalue weighted by Crippen LogP contribution is 2.11. The quantitative estimate of drug-likeness (QED) is 0.812. The van der Waals surface area contributed by atoms with Gasteiger partial charge in [0, 0.05) is 32.9 Å². The zero-order valence-corrected chi connectivity index (χ0v) is 12.2. The van der Waals surface area contributed by atoms with Crippen LogP contribution in [0.5, 0.6) is 0 Å². The summed E-state index contributed by atoms with van der Waals surface area (Å²) in [6, 6.07) is 3.64. The summed E-state index contributed by atoms with van der Waals surface area (Å²) in [5.74, 6) is -0.0641. The monoisotopic (exact) mass is 268 g/mol. The first-order chi connectivity index (χ1) is 8.89. The first kappa shape index (κ1) is 15.7. The summed E-state index contributed by atoms with van der Waals surface area (Å²) >= 11 is 0. The molecule has 0 saturated carbocycles. The molecule has 0 bridgehead atoms. The van der Waals surface area contributed by atoms with E-state index in [1.54, 1.807) is 31.9 Å². The van der Waals surface area contributed by atoms with Crippen molar-refractivity contribution in [1.29, 1.82) is 0 Å².